The minimum atomic E-state index is -0.580. The van der Waals surface area contributed by atoms with Crippen LogP contribution >= 0.6 is 39.1 Å². The number of hydrogen-bond acceptors (Lipinski definition) is 3. The number of ketones is 1. The Kier molecular flexibility index (Phi) is 6.32. The smallest absolute Gasteiger partial charge is 0.339 e. The van der Waals surface area contributed by atoms with Crippen LogP contribution in [-0.2, 0) is 11.3 Å². The second-order valence-corrected chi connectivity index (χ2v) is 7.52. The summed E-state index contributed by atoms with van der Waals surface area (Å²) in [6, 6.07) is 18.3. The fourth-order valence-electron chi connectivity index (χ4n) is 2.54. The third-order valence-electron chi connectivity index (χ3n) is 3.79. The first-order valence-electron chi connectivity index (χ1n) is 7.95. The maximum absolute atomic E-state index is 12.8. The van der Waals surface area contributed by atoms with Crippen molar-refractivity contribution in [1.82, 2.24) is 0 Å². The quantitative estimate of drug-likeness (QED) is 0.327. The summed E-state index contributed by atoms with van der Waals surface area (Å²) in [5.74, 6) is -0.853. The molecular weight excluding hydrogens is 451 g/mol. The lowest BCUT2D eigenvalue weighted by molar-refractivity contribution is 0.0470. The topological polar surface area (TPSA) is 43.4 Å². The third kappa shape index (κ3) is 4.98. The van der Waals surface area contributed by atoms with Gasteiger partial charge in [-0.1, -0.05) is 57.3 Å². The molecule has 0 N–H and O–H groups in total. The van der Waals surface area contributed by atoms with E-state index >= 15 is 0 Å². The molecule has 0 aliphatic heterocycles. The van der Waals surface area contributed by atoms with E-state index in [1.807, 2.05) is 6.07 Å². The first kappa shape index (κ1) is 19.6. The summed E-state index contributed by atoms with van der Waals surface area (Å²) in [6.45, 7) is 0.0431. The Morgan fingerprint density at radius 1 is 0.852 bits per heavy atom. The normalized spacial score (nSPS) is 10.5. The van der Waals surface area contributed by atoms with Crippen LogP contribution in [0.2, 0.25) is 10.0 Å². The van der Waals surface area contributed by atoms with E-state index in [4.69, 9.17) is 27.9 Å². The van der Waals surface area contributed by atoms with Crippen molar-refractivity contribution in [2.75, 3.05) is 0 Å². The van der Waals surface area contributed by atoms with Crippen molar-refractivity contribution in [3.05, 3.63) is 104 Å². The molecule has 0 amide bonds. The van der Waals surface area contributed by atoms with E-state index in [2.05, 4.69) is 15.9 Å². The average Bonchev–Trinajstić information content (AvgIpc) is 2.65. The standard InChI is InChI=1S/C21H13BrCl2O3/c22-15-9-13(10-17(24)11-15)12-27-21(26)19-4-2-1-3-18(19)20(25)14-5-7-16(23)8-6-14/h1-11H,12H2. The highest BCUT2D eigenvalue weighted by Gasteiger charge is 2.19. The Hall–Kier alpha value is -2.14. The van der Waals surface area contributed by atoms with Gasteiger partial charge in [0.05, 0.1) is 5.56 Å². The molecule has 0 saturated heterocycles. The molecule has 27 heavy (non-hydrogen) atoms. The summed E-state index contributed by atoms with van der Waals surface area (Å²) in [6.07, 6.45) is 0. The minimum absolute atomic E-state index is 0.0431. The summed E-state index contributed by atoms with van der Waals surface area (Å²) in [7, 11) is 0. The third-order valence-corrected chi connectivity index (χ3v) is 4.72. The van der Waals surface area contributed by atoms with E-state index in [0.29, 0.717) is 15.6 Å². The van der Waals surface area contributed by atoms with Crippen LogP contribution in [0.3, 0.4) is 0 Å². The van der Waals surface area contributed by atoms with Crippen LogP contribution in [0.1, 0.15) is 31.8 Å². The van der Waals surface area contributed by atoms with Crippen molar-refractivity contribution in [3.8, 4) is 0 Å². The van der Waals surface area contributed by atoms with Crippen LogP contribution in [0.5, 0.6) is 0 Å². The Morgan fingerprint density at radius 2 is 1.52 bits per heavy atom. The molecule has 0 fully saturated rings. The first-order valence-corrected chi connectivity index (χ1v) is 9.50. The molecule has 3 nitrogen and oxygen atoms in total. The van der Waals surface area contributed by atoms with Gasteiger partial charge in [-0.3, -0.25) is 4.79 Å². The molecule has 0 aliphatic rings. The Labute approximate surface area is 175 Å². The molecule has 0 heterocycles. The van der Waals surface area contributed by atoms with E-state index in [0.717, 1.165) is 10.0 Å². The maximum atomic E-state index is 12.8. The Balaban J connectivity index is 1.81. The van der Waals surface area contributed by atoms with Crippen molar-refractivity contribution < 1.29 is 14.3 Å². The number of ether oxygens (including phenoxy) is 1. The van der Waals surface area contributed by atoms with Gasteiger partial charge in [0.1, 0.15) is 6.61 Å². The van der Waals surface area contributed by atoms with Gasteiger partial charge in [-0.05, 0) is 54.1 Å². The molecule has 0 aromatic heterocycles. The van der Waals surface area contributed by atoms with Crippen molar-refractivity contribution in [2.24, 2.45) is 0 Å². The summed E-state index contributed by atoms with van der Waals surface area (Å²) >= 11 is 15.2. The minimum Gasteiger partial charge on any atom is -0.457 e. The number of carbonyl (C=O) groups is 2. The van der Waals surface area contributed by atoms with Crippen LogP contribution in [0.15, 0.2) is 71.2 Å². The lowest BCUT2D eigenvalue weighted by atomic mass is 9.98. The lowest BCUT2D eigenvalue weighted by Gasteiger charge is -2.10. The molecule has 3 rings (SSSR count). The molecule has 0 saturated carbocycles. The molecular formula is C21H13BrCl2O3. The molecule has 0 unspecified atom stereocenters. The van der Waals surface area contributed by atoms with Crippen molar-refractivity contribution in [1.29, 1.82) is 0 Å². The van der Waals surface area contributed by atoms with Crippen molar-refractivity contribution >= 4 is 50.9 Å². The highest BCUT2D eigenvalue weighted by molar-refractivity contribution is 9.10. The number of hydrogen-bond donors (Lipinski definition) is 0. The predicted molar refractivity (Wildman–Crippen MR) is 110 cm³/mol. The second kappa shape index (κ2) is 8.70. The molecule has 6 heteroatoms. The second-order valence-electron chi connectivity index (χ2n) is 5.74. The van der Waals surface area contributed by atoms with Gasteiger partial charge in [-0.25, -0.2) is 4.79 Å². The lowest BCUT2D eigenvalue weighted by Crippen LogP contribution is -2.12. The van der Waals surface area contributed by atoms with E-state index < -0.39 is 5.97 Å². The molecule has 0 radical (unpaired) electrons. The molecule has 136 valence electrons. The van der Waals surface area contributed by atoms with Gasteiger partial charge in [-0.2, -0.15) is 0 Å². The molecule has 0 aliphatic carbocycles. The van der Waals surface area contributed by atoms with E-state index in [1.54, 1.807) is 60.7 Å². The van der Waals surface area contributed by atoms with Gasteiger partial charge in [0, 0.05) is 25.6 Å². The zero-order chi connectivity index (χ0) is 19.4. The number of rotatable bonds is 5. The summed E-state index contributed by atoms with van der Waals surface area (Å²) in [4.78, 5) is 25.3. The van der Waals surface area contributed by atoms with E-state index in [-0.39, 0.29) is 23.5 Å². The zero-order valence-electron chi connectivity index (χ0n) is 13.9. The van der Waals surface area contributed by atoms with Crippen LogP contribution in [0, 0.1) is 0 Å². The van der Waals surface area contributed by atoms with Crippen molar-refractivity contribution in [3.63, 3.8) is 0 Å². The fourth-order valence-corrected chi connectivity index (χ4v) is 3.59. The fraction of sp³-hybridized carbons (Fsp3) is 0.0476. The van der Waals surface area contributed by atoms with Gasteiger partial charge < -0.3 is 4.74 Å². The Bertz CT molecular complexity index is 980. The average molecular weight is 464 g/mol. The molecule has 3 aromatic carbocycles. The van der Waals surface area contributed by atoms with Gasteiger partial charge in [-0.15, -0.1) is 0 Å². The molecule has 0 spiro atoms. The van der Waals surface area contributed by atoms with Gasteiger partial charge >= 0.3 is 5.97 Å². The maximum Gasteiger partial charge on any atom is 0.339 e. The number of benzene rings is 3. The van der Waals surface area contributed by atoms with Gasteiger partial charge in [0.15, 0.2) is 5.78 Å². The van der Waals surface area contributed by atoms with Crippen LogP contribution in [0.25, 0.3) is 0 Å². The van der Waals surface area contributed by atoms with Gasteiger partial charge in [0.2, 0.25) is 0 Å². The molecule has 0 bridgehead atoms. The summed E-state index contributed by atoms with van der Waals surface area (Å²) in [5, 5.41) is 1.07. The van der Waals surface area contributed by atoms with Crippen LogP contribution in [0.4, 0.5) is 0 Å². The van der Waals surface area contributed by atoms with E-state index in [9.17, 15) is 9.59 Å². The first-order chi connectivity index (χ1) is 12.9. The van der Waals surface area contributed by atoms with Crippen molar-refractivity contribution in [2.45, 2.75) is 6.61 Å². The highest BCUT2D eigenvalue weighted by atomic mass is 79.9. The predicted octanol–water partition coefficient (Wildman–Crippen LogP) is 6.34. The van der Waals surface area contributed by atoms with Crippen LogP contribution in [-0.4, -0.2) is 11.8 Å². The Morgan fingerprint density at radius 3 is 2.19 bits per heavy atom. The van der Waals surface area contributed by atoms with Crippen LogP contribution < -0.4 is 0 Å². The largest absolute Gasteiger partial charge is 0.457 e. The summed E-state index contributed by atoms with van der Waals surface area (Å²) < 4.78 is 6.17. The number of halogens is 3. The number of esters is 1. The number of carbonyl (C=O) groups excluding carboxylic acids is 2. The zero-order valence-corrected chi connectivity index (χ0v) is 17.0. The summed E-state index contributed by atoms with van der Waals surface area (Å²) in [5.41, 5.74) is 1.67. The van der Waals surface area contributed by atoms with Gasteiger partial charge in [0.25, 0.3) is 0 Å². The molecule has 0 atom stereocenters. The molecule has 3 aromatic rings. The highest BCUT2D eigenvalue weighted by Crippen LogP contribution is 2.21. The SMILES string of the molecule is O=C(OCc1cc(Cl)cc(Br)c1)c1ccccc1C(=O)c1ccc(Cl)cc1. The monoisotopic (exact) mass is 462 g/mol. The van der Waals surface area contributed by atoms with E-state index in [1.165, 1.54) is 0 Å².